The first kappa shape index (κ1) is 23.9. The van der Waals surface area contributed by atoms with Gasteiger partial charge in [-0.1, -0.05) is 12.1 Å². The van der Waals surface area contributed by atoms with Crippen molar-refractivity contribution >= 4 is 6.01 Å². The molecule has 1 aliphatic rings. The van der Waals surface area contributed by atoms with Crippen LogP contribution in [0.1, 0.15) is 32.3 Å². The zero-order valence-electron chi connectivity index (χ0n) is 20.0. The summed E-state index contributed by atoms with van der Waals surface area (Å²) >= 11 is 0. The second kappa shape index (κ2) is 11.2. The summed E-state index contributed by atoms with van der Waals surface area (Å²) in [5.41, 5.74) is 2.70. The highest BCUT2D eigenvalue weighted by Crippen LogP contribution is 2.30. The number of likely N-dealkylation sites (tertiary alicyclic amines) is 1. The van der Waals surface area contributed by atoms with Gasteiger partial charge in [0.2, 0.25) is 5.82 Å². The molecule has 0 bridgehead atoms. The van der Waals surface area contributed by atoms with Crippen molar-refractivity contribution in [3.05, 3.63) is 54.0 Å². The lowest BCUT2D eigenvalue weighted by molar-refractivity contribution is 0.209. The summed E-state index contributed by atoms with van der Waals surface area (Å²) in [6.45, 7) is 7.03. The van der Waals surface area contributed by atoms with Crippen LogP contribution in [0.5, 0.6) is 17.2 Å². The van der Waals surface area contributed by atoms with Crippen molar-refractivity contribution in [3.8, 4) is 28.5 Å². The molecule has 0 aliphatic carbocycles. The van der Waals surface area contributed by atoms with Crippen LogP contribution in [-0.2, 0) is 6.54 Å². The van der Waals surface area contributed by atoms with Crippen LogP contribution < -0.4 is 19.5 Å². The Bertz CT molecular complexity index is 1050. The molecule has 0 saturated carbocycles. The second-order valence-electron chi connectivity index (χ2n) is 8.24. The largest absolute Gasteiger partial charge is 0.497 e. The quantitative estimate of drug-likeness (QED) is 0.428. The third-order valence-electron chi connectivity index (χ3n) is 5.86. The lowest BCUT2D eigenvalue weighted by atomic mass is 10.0. The molecule has 34 heavy (non-hydrogen) atoms. The summed E-state index contributed by atoms with van der Waals surface area (Å²) in [7, 11) is 1.65. The number of piperidine rings is 1. The molecule has 1 N–H and O–H groups in total. The standard InChI is InChI=1S/C26H32FN3O4/c1-4-32-23-13-18(14-24(25(23)27)33-5-2)16-30-11-9-20(10-12-30)28-26-29-22(17-34-26)19-7-6-8-21(15-19)31-3/h6-8,13-15,17,20H,4-5,9-12,16H2,1-3H3,(H,28,29). The van der Waals surface area contributed by atoms with E-state index in [0.717, 1.165) is 48.5 Å². The Balaban J connectivity index is 1.33. The predicted octanol–water partition coefficient (Wildman–Crippen LogP) is 5.36. The Morgan fingerprint density at radius 3 is 2.44 bits per heavy atom. The molecule has 1 fully saturated rings. The molecule has 182 valence electrons. The second-order valence-corrected chi connectivity index (χ2v) is 8.24. The number of benzene rings is 2. The molecule has 4 rings (SSSR count). The fourth-order valence-corrected chi connectivity index (χ4v) is 4.16. The third-order valence-corrected chi connectivity index (χ3v) is 5.86. The third kappa shape index (κ3) is 5.80. The van der Waals surface area contributed by atoms with Crippen LogP contribution in [0.2, 0.25) is 0 Å². The van der Waals surface area contributed by atoms with E-state index in [1.165, 1.54) is 0 Å². The van der Waals surface area contributed by atoms with Gasteiger partial charge in [-0.05, 0) is 56.5 Å². The highest BCUT2D eigenvalue weighted by molar-refractivity contribution is 5.61. The van der Waals surface area contributed by atoms with Crippen molar-refractivity contribution in [2.24, 2.45) is 0 Å². The minimum absolute atomic E-state index is 0.246. The number of ether oxygens (including phenoxy) is 3. The van der Waals surface area contributed by atoms with Crippen molar-refractivity contribution in [2.45, 2.75) is 39.3 Å². The number of hydrogen-bond acceptors (Lipinski definition) is 7. The van der Waals surface area contributed by atoms with E-state index in [4.69, 9.17) is 18.6 Å². The van der Waals surface area contributed by atoms with Crippen LogP contribution in [0.15, 0.2) is 47.1 Å². The minimum atomic E-state index is -0.436. The first-order chi connectivity index (χ1) is 16.6. The molecular weight excluding hydrogens is 437 g/mol. The SMILES string of the molecule is CCOc1cc(CN2CCC(Nc3nc(-c4cccc(OC)c4)co3)CC2)cc(OCC)c1F. The zero-order chi connectivity index (χ0) is 23.9. The molecule has 0 radical (unpaired) electrons. The maximum atomic E-state index is 14.5. The summed E-state index contributed by atoms with van der Waals surface area (Å²) < 4.78 is 36.4. The van der Waals surface area contributed by atoms with Crippen LogP contribution in [0.4, 0.5) is 10.4 Å². The molecule has 7 nitrogen and oxygen atoms in total. The van der Waals surface area contributed by atoms with Crippen LogP contribution in [0, 0.1) is 5.82 Å². The Morgan fingerprint density at radius 2 is 1.79 bits per heavy atom. The van der Waals surface area contributed by atoms with E-state index >= 15 is 0 Å². The normalized spacial score (nSPS) is 14.7. The molecule has 1 aliphatic heterocycles. The maximum Gasteiger partial charge on any atom is 0.295 e. The van der Waals surface area contributed by atoms with E-state index in [2.05, 4.69) is 15.2 Å². The van der Waals surface area contributed by atoms with Gasteiger partial charge >= 0.3 is 0 Å². The molecule has 2 aromatic carbocycles. The molecule has 0 unspecified atom stereocenters. The van der Waals surface area contributed by atoms with E-state index in [9.17, 15) is 4.39 Å². The number of halogens is 1. The molecule has 1 aromatic heterocycles. The fourth-order valence-electron chi connectivity index (χ4n) is 4.16. The number of oxazole rings is 1. The monoisotopic (exact) mass is 469 g/mol. The van der Waals surface area contributed by atoms with Crippen LogP contribution in [-0.4, -0.2) is 49.3 Å². The van der Waals surface area contributed by atoms with E-state index < -0.39 is 5.82 Å². The van der Waals surface area contributed by atoms with Crippen LogP contribution >= 0.6 is 0 Å². The van der Waals surface area contributed by atoms with Crippen LogP contribution in [0.3, 0.4) is 0 Å². The van der Waals surface area contributed by atoms with E-state index in [0.29, 0.717) is 25.8 Å². The van der Waals surface area contributed by atoms with Gasteiger partial charge in [0.25, 0.3) is 6.01 Å². The maximum absolute atomic E-state index is 14.5. The van der Waals surface area contributed by atoms with Gasteiger partial charge in [0.15, 0.2) is 11.5 Å². The smallest absolute Gasteiger partial charge is 0.295 e. The van der Waals surface area contributed by atoms with E-state index in [-0.39, 0.29) is 17.5 Å². The van der Waals surface area contributed by atoms with Gasteiger partial charge in [0, 0.05) is 31.2 Å². The summed E-state index contributed by atoms with van der Waals surface area (Å²) in [4.78, 5) is 6.94. The van der Waals surface area contributed by atoms with Crippen molar-refractivity contribution in [2.75, 3.05) is 38.7 Å². The lowest BCUT2D eigenvalue weighted by Crippen LogP contribution is -2.38. The Kier molecular flexibility index (Phi) is 7.90. The summed E-state index contributed by atoms with van der Waals surface area (Å²) in [6, 6.07) is 12.1. The average molecular weight is 470 g/mol. The molecule has 0 atom stereocenters. The van der Waals surface area contributed by atoms with E-state index in [1.807, 2.05) is 38.1 Å². The van der Waals surface area contributed by atoms with Crippen molar-refractivity contribution in [1.29, 1.82) is 0 Å². The van der Waals surface area contributed by atoms with Crippen molar-refractivity contribution < 1.29 is 23.0 Å². The Hall–Kier alpha value is -3.26. The highest BCUT2D eigenvalue weighted by Gasteiger charge is 2.22. The average Bonchev–Trinajstić information content (AvgIpc) is 3.32. The molecule has 3 aromatic rings. The van der Waals surface area contributed by atoms with Gasteiger partial charge in [0.05, 0.1) is 20.3 Å². The first-order valence-electron chi connectivity index (χ1n) is 11.8. The number of rotatable bonds is 10. The van der Waals surface area contributed by atoms with Gasteiger partial charge in [-0.3, -0.25) is 4.90 Å². The highest BCUT2D eigenvalue weighted by atomic mass is 19.1. The number of nitrogens with zero attached hydrogens (tertiary/aromatic N) is 2. The molecule has 0 amide bonds. The van der Waals surface area contributed by atoms with Gasteiger partial charge in [-0.25, -0.2) is 0 Å². The molecule has 8 heteroatoms. The zero-order valence-corrected chi connectivity index (χ0v) is 20.0. The number of hydrogen-bond donors (Lipinski definition) is 1. The first-order valence-corrected chi connectivity index (χ1v) is 11.8. The van der Waals surface area contributed by atoms with Gasteiger partial charge in [-0.2, -0.15) is 9.37 Å². The number of methoxy groups -OCH3 is 1. The van der Waals surface area contributed by atoms with E-state index in [1.54, 1.807) is 25.5 Å². The summed E-state index contributed by atoms with van der Waals surface area (Å²) in [5, 5.41) is 3.42. The van der Waals surface area contributed by atoms with Gasteiger partial charge < -0.3 is 23.9 Å². The minimum Gasteiger partial charge on any atom is -0.497 e. The van der Waals surface area contributed by atoms with Crippen molar-refractivity contribution in [3.63, 3.8) is 0 Å². The predicted molar refractivity (Wildman–Crippen MR) is 129 cm³/mol. The molecule has 2 heterocycles. The van der Waals surface area contributed by atoms with Gasteiger partial charge in [-0.15, -0.1) is 0 Å². The van der Waals surface area contributed by atoms with Gasteiger partial charge in [0.1, 0.15) is 17.7 Å². The van der Waals surface area contributed by atoms with Crippen LogP contribution in [0.25, 0.3) is 11.3 Å². The number of anilines is 1. The molecule has 0 spiro atoms. The number of aromatic nitrogens is 1. The summed E-state index contributed by atoms with van der Waals surface area (Å²) in [6.07, 6.45) is 3.57. The fraction of sp³-hybridized carbons (Fsp3) is 0.423. The Labute approximate surface area is 199 Å². The number of nitrogens with one attached hydrogen (secondary N) is 1. The Morgan fingerprint density at radius 1 is 1.09 bits per heavy atom. The molecular formula is C26H32FN3O4. The lowest BCUT2D eigenvalue weighted by Gasteiger charge is -2.32. The summed E-state index contributed by atoms with van der Waals surface area (Å²) in [5.74, 6) is 0.839. The topological polar surface area (TPSA) is 69.0 Å². The molecule has 1 saturated heterocycles. The van der Waals surface area contributed by atoms with Crippen molar-refractivity contribution in [1.82, 2.24) is 9.88 Å².